The van der Waals surface area contributed by atoms with Gasteiger partial charge in [0.2, 0.25) is 0 Å². The molecule has 0 radical (unpaired) electrons. The second kappa shape index (κ2) is 10.3. The van der Waals surface area contributed by atoms with Gasteiger partial charge in [0.05, 0.1) is 31.9 Å². The van der Waals surface area contributed by atoms with Crippen molar-refractivity contribution < 1.29 is 33.6 Å². The highest BCUT2D eigenvalue weighted by Crippen LogP contribution is 2.40. The van der Waals surface area contributed by atoms with Gasteiger partial charge in [-0.05, 0) is 48.9 Å². The Morgan fingerprint density at radius 3 is 2.09 bits per heavy atom. The molecular weight excluding hydrogens is 414 g/mol. The van der Waals surface area contributed by atoms with Gasteiger partial charge in [0.1, 0.15) is 17.3 Å². The molecule has 1 unspecified atom stereocenters. The first-order chi connectivity index (χ1) is 15.4. The van der Waals surface area contributed by atoms with Gasteiger partial charge in [0.15, 0.2) is 6.29 Å². The van der Waals surface area contributed by atoms with Crippen LogP contribution in [0, 0.1) is 0 Å². The Kier molecular flexibility index (Phi) is 7.50. The summed E-state index contributed by atoms with van der Waals surface area (Å²) in [7, 11) is 4.44. The Morgan fingerprint density at radius 1 is 0.969 bits per heavy atom. The van der Waals surface area contributed by atoms with E-state index in [2.05, 4.69) is 0 Å². The molecule has 0 saturated carbocycles. The molecule has 3 rings (SSSR count). The van der Waals surface area contributed by atoms with Gasteiger partial charge in [0.25, 0.3) is 11.7 Å². The highest BCUT2D eigenvalue weighted by molar-refractivity contribution is 6.46. The second-order valence-corrected chi connectivity index (χ2v) is 7.08. The molecule has 0 aromatic heterocycles. The van der Waals surface area contributed by atoms with Gasteiger partial charge >= 0.3 is 0 Å². The summed E-state index contributed by atoms with van der Waals surface area (Å²) in [4.78, 5) is 27.3. The molecule has 32 heavy (non-hydrogen) atoms. The van der Waals surface area contributed by atoms with Crippen molar-refractivity contribution in [3.8, 4) is 11.5 Å². The van der Waals surface area contributed by atoms with Gasteiger partial charge in [0, 0.05) is 19.8 Å². The van der Waals surface area contributed by atoms with Gasteiger partial charge in [-0.25, -0.2) is 0 Å². The van der Waals surface area contributed by atoms with E-state index in [1.807, 2.05) is 6.92 Å². The summed E-state index contributed by atoms with van der Waals surface area (Å²) in [6, 6.07) is 12.8. The molecule has 1 fully saturated rings. The maximum atomic E-state index is 13.0. The zero-order chi connectivity index (χ0) is 23.3. The third-order valence-corrected chi connectivity index (χ3v) is 5.28. The lowest BCUT2D eigenvalue weighted by Crippen LogP contribution is -2.38. The van der Waals surface area contributed by atoms with E-state index in [0.717, 1.165) is 0 Å². The minimum Gasteiger partial charge on any atom is -0.507 e. The fourth-order valence-corrected chi connectivity index (χ4v) is 3.64. The Bertz CT molecular complexity index is 978. The van der Waals surface area contributed by atoms with Crippen molar-refractivity contribution in [3.63, 3.8) is 0 Å². The zero-order valence-corrected chi connectivity index (χ0v) is 18.5. The van der Waals surface area contributed by atoms with Crippen molar-refractivity contribution in [1.82, 2.24) is 4.90 Å². The molecule has 1 heterocycles. The maximum absolute atomic E-state index is 13.0. The summed E-state index contributed by atoms with van der Waals surface area (Å²) in [5.41, 5.74) is 1.04. The van der Waals surface area contributed by atoms with Crippen LogP contribution in [-0.2, 0) is 19.1 Å². The lowest BCUT2D eigenvalue weighted by Gasteiger charge is -2.28. The molecule has 1 aliphatic heterocycles. The summed E-state index contributed by atoms with van der Waals surface area (Å²) in [6.45, 7) is 2.40. The number of likely N-dealkylation sites (tertiary alicyclic amines) is 1. The molecule has 2 aromatic carbocycles. The summed E-state index contributed by atoms with van der Waals surface area (Å²) in [5, 5.41) is 11.1. The Hall–Kier alpha value is -3.36. The van der Waals surface area contributed by atoms with E-state index >= 15 is 0 Å². The van der Waals surface area contributed by atoms with Crippen LogP contribution in [0.4, 0.5) is 0 Å². The van der Waals surface area contributed by atoms with Crippen molar-refractivity contribution in [2.24, 2.45) is 0 Å². The van der Waals surface area contributed by atoms with Crippen molar-refractivity contribution >= 4 is 17.4 Å². The molecule has 1 atom stereocenters. The predicted molar refractivity (Wildman–Crippen MR) is 117 cm³/mol. The highest BCUT2D eigenvalue weighted by Gasteiger charge is 2.46. The topological polar surface area (TPSA) is 94.5 Å². The molecule has 0 spiro atoms. The van der Waals surface area contributed by atoms with Crippen LogP contribution in [-0.4, -0.2) is 62.5 Å². The van der Waals surface area contributed by atoms with Crippen LogP contribution in [0.15, 0.2) is 54.1 Å². The molecular formula is C24H27NO7. The first-order valence-electron chi connectivity index (χ1n) is 10.2. The summed E-state index contributed by atoms with van der Waals surface area (Å²) >= 11 is 0. The van der Waals surface area contributed by atoms with Crippen LogP contribution in [0.3, 0.4) is 0 Å². The Morgan fingerprint density at radius 2 is 1.56 bits per heavy atom. The summed E-state index contributed by atoms with van der Waals surface area (Å²) in [6.07, 6.45) is -0.737. The number of aliphatic hydroxyl groups excluding tert-OH is 1. The molecule has 1 saturated heterocycles. The number of ether oxygens (including phenoxy) is 4. The number of ketones is 1. The van der Waals surface area contributed by atoms with Gasteiger partial charge in [-0.15, -0.1) is 0 Å². The largest absolute Gasteiger partial charge is 0.507 e. The lowest BCUT2D eigenvalue weighted by molar-refractivity contribution is -0.149. The highest BCUT2D eigenvalue weighted by atomic mass is 16.7. The fourth-order valence-electron chi connectivity index (χ4n) is 3.64. The quantitative estimate of drug-likeness (QED) is 0.276. The molecule has 1 N–H and O–H groups in total. The normalized spacial score (nSPS) is 17.8. The standard InChI is InChI=1S/C24H27NO7/c1-5-32-18-12-6-15(7-13-18)21-20(22(26)16-8-10-17(29-2)11-9-16)23(27)24(28)25(21)14-19(30-3)31-4/h6-13,19,21,26H,5,14H2,1-4H3/b22-20+. The number of hydrogen-bond donors (Lipinski definition) is 1. The Labute approximate surface area is 187 Å². The molecule has 1 aliphatic rings. The first kappa shape index (κ1) is 23.3. The van der Waals surface area contributed by atoms with E-state index in [-0.39, 0.29) is 17.9 Å². The number of Topliss-reactive ketones (excluding diaryl/α,β-unsaturated/α-hetero) is 1. The molecule has 170 valence electrons. The monoisotopic (exact) mass is 441 g/mol. The van der Waals surface area contributed by atoms with Gasteiger partial charge < -0.3 is 29.0 Å². The zero-order valence-electron chi connectivity index (χ0n) is 18.5. The number of nitrogens with zero attached hydrogens (tertiary/aromatic N) is 1. The van der Waals surface area contributed by atoms with E-state index < -0.39 is 24.0 Å². The minimum atomic E-state index is -0.819. The molecule has 1 amide bonds. The minimum absolute atomic E-state index is 0.00437. The molecule has 8 nitrogen and oxygen atoms in total. The van der Waals surface area contributed by atoms with E-state index in [0.29, 0.717) is 29.2 Å². The van der Waals surface area contributed by atoms with E-state index in [1.54, 1.807) is 48.5 Å². The van der Waals surface area contributed by atoms with Gasteiger partial charge in [-0.1, -0.05) is 12.1 Å². The summed E-state index contributed by atoms with van der Waals surface area (Å²) in [5.74, 6) is -0.511. The molecule has 0 bridgehead atoms. The SMILES string of the molecule is CCOc1ccc(C2/C(=C(\O)c3ccc(OC)cc3)C(=O)C(=O)N2CC(OC)OC)cc1. The van der Waals surface area contributed by atoms with Crippen molar-refractivity contribution in [2.75, 3.05) is 34.5 Å². The van der Waals surface area contributed by atoms with Crippen LogP contribution in [0.25, 0.3) is 5.76 Å². The number of hydrogen-bond acceptors (Lipinski definition) is 7. The van der Waals surface area contributed by atoms with Crippen LogP contribution >= 0.6 is 0 Å². The van der Waals surface area contributed by atoms with Crippen LogP contribution in [0.2, 0.25) is 0 Å². The number of amides is 1. The lowest BCUT2D eigenvalue weighted by atomic mass is 9.95. The van der Waals surface area contributed by atoms with Crippen LogP contribution in [0.5, 0.6) is 11.5 Å². The second-order valence-electron chi connectivity index (χ2n) is 7.08. The number of methoxy groups -OCH3 is 3. The van der Waals surface area contributed by atoms with Crippen molar-refractivity contribution in [2.45, 2.75) is 19.3 Å². The van der Waals surface area contributed by atoms with E-state index in [9.17, 15) is 14.7 Å². The fraction of sp³-hybridized carbons (Fsp3) is 0.333. The first-order valence-corrected chi connectivity index (χ1v) is 10.2. The predicted octanol–water partition coefficient (Wildman–Crippen LogP) is 3.13. The third kappa shape index (κ3) is 4.61. The average molecular weight is 441 g/mol. The average Bonchev–Trinajstić information content (AvgIpc) is 3.07. The number of carbonyl (C=O) groups is 2. The molecule has 2 aromatic rings. The maximum Gasteiger partial charge on any atom is 0.295 e. The van der Waals surface area contributed by atoms with E-state index in [4.69, 9.17) is 18.9 Å². The van der Waals surface area contributed by atoms with Crippen molar-refractivity contribution in [3.05, 3.63) is 65.2 Å². The van der Waals surface area contributed by atoms with Gasteiger partial charge in [-0.2, -0.15) is 0 Å². The van der Waals surface area contributed by atoms with E-state index in [1.165, 1.54) is 26.2 Å². The number of aliphatic hydroxyl groups is 1. The number of carbonyl (C=O) groups excluding carboxylic acids is 2. The third-order valence-electron chi connectivity index (χ3n) is 5.28. The summed E-state index contributed by atoms with van der Waals surface area (Å²) < 4.78 is 21.1. The smallest absolute Gasteiger partial charge is 0.295 e. The number of benzene rings is 2. The van der Waals surface area contributed by atoms with Crippen molar-refractivity contribution in [1.29, 1.82) is 0 Å². The van der Waals surface area contributed by atoms with Crippen LogP contribution < -0.4 is 9.47 Å². The van der Waals surface area contributed by atoms with Gasteiger partial charge in [-0.3, -0.25) is 9.59 Å². The molecule has 0 aliphatic carbocycles. The van der Waals surface area contributed by atoms with Crippen LogP contribution in [0.1, 0.15) is 24.1 Å². The number of rotatable bonds is 9. The Balaban J connectivity index is 2.11. The molecule has 8 heteroatoms.